The average molecular weight is 382 g/mol. The van der Waals surface area contributed by atoms with E-state index < -0.39 is 5.97 Å². The number of rotatable bonds is 5. The number of anilines is 1. The standard InChI is InChI=1S/C21H22N2O5/c1-25-14-7-8-15(18(12-14)26-2)17-5-4-10-23(17)21-22-16-9-6-13(20(24)27-3)11-19(16)28-21/h6-9,11-12,17H,4-5,10H2,1-3H3. The molecule has 0 spiro atoms. The molecule has 3 aromatic rings. The minimum Gasteiger partial charge on any atom is -0.497 e. The first-order valence-corrected chi connectivity index (χ1v) is 9.12. The number of carbonyl (C=O) groups excluding carboxylic acids is 1. The van der Waals surface area contributed by atoms with Crippen LogP contribution < -0.4 is 14.4 Å². The van der Waals surface area contributed by atoms with Crippen molar-refractivity contribution in [3.8, 4) is 11.5 Å². The van der Waals surface area contributed by atoms with Crippen molar-refractivity contribution < 1.29 is 23.4 Å². The molecule has 0 amide bonds. The predicted octanol–water partition coefficient (Wildman–Crippen LogP) is 3.97. The van der Waals surface area contributed by atoms with Gasteiger partial charge in [-0.05, 0) is 43.2 Å². The quantitative estimate of drug-likeness (QED) is 0.618. The molecule has 2 heterocycles. The molecule has 1 aliphatic rings. The molecule has 7 nitrogen and oxygen atoms in total. The minimum atomic E-state index is -0.401. The van der Waals surface area contributed by atoms with Gasteiger partial charge in [0.05, 0.1) is 32.9 Å². The Hall–Kier alpha value is -3.22. The Kier molecular flexibility index (Phi) is 4.81. The van der Waals surface area contributed by atoms with Crippen LogP contribution in [-0.2, 0) is 4.74 Å². The fourth-order valence-electron chi connectivity index (χ4n) is 3.69. The van der Waals surface area contributed by atoms with Crippen molar-refractivity contribution in [1.29, 1.82) is 0 Å². The lowest BCUT2D eigenvalue weighted by Gasteiger charge is -2.25. The van der Waals surface area contributed by atoms with Crippen LogP contribution in [-0.4, -0.2) is 38.8 Å². The smallest absolute Gasteiger partial charge is 0.337 e. The second kappa shape index (κ2) is 7.42. The maximum Gasteiger partial charge on any atom is 0.337 e. The van der Waals surface area contributed by atoms with Crippen molar-refractivity contribution in [2.24, 2.45) is 0 Å². The third-order valence-corrected chi connectivity index (χ3v) is 5.10. The topological polar surface area (TPSA) is 74.0 Å². The fraction of sp³-hybridized carbons (Fsp3) is 0.333. The van der Waals surface area contributed by atoms with Crippen LogP contribution in [0.4, 0.5) is 6.01 Å². The van der Waals surface area contributed by atoms with Crippen LogP contribution in [0.25, 0.3) is 11.1 Å². The predicted molar refractivity (Wildman–Crippen MR) is 104 cm³/mol. The third kappa shape index (κ3) is 3.13. The Balaban J connectivity index is 1.69. The van der Waals surface area contributed by atoms with E-state index in [1.165, 1.54) is 7.11 Å². The molecule has 28 heavy (non-hydrogen) atoms. The molecule has 0 N–H and O–H groups in total. The Bertz CT molecular complexity index is 1010. The van der Waals surface area contributed by atoms with Crippen LogP contribution in [0.3, 0.4) is 0 Å². The van der Waals surface area contributed by atoms with E-state index in [1.807, 2.05) is 18.2 Å². The number of hydrogen-bond donors (Lipinski definition) is 0. The first kappa shape index (κ1) is 18.2. The van der Waals surface area contributed by atoms with E-state index in [2.05, 4.69) is 9.88 Å². The molecule has 7 heteroatoms. The van der Waals surface area contributed by atoms with Crippen molar-refractivity contribution in [3.63, 3.8) is 0 Å². The van der Waals surface area contributed by atoms with Crippen LogP contribution in [0.2, 0.25) is 0 Å². The molecule has 2 aromatic carbocycles. The number of ether oxygens (including phenoxy) is 3. The van der Waals surface area contributed by atoms with Crippen LogP contribution >= 0.6 is 0 Å². The Labute approximate surface area is 162 Å². The van der Waals surface area contributed by atoms with Gasteiger partial charge in [0, 0.05) is 18.2 Å². The number of fused-ring (bicyclic) bond motifs is 1. The average Bonchev–Trinajstić information content (AvgIpc) is 3.38. The van der Waals surface area contributed by atoms with Gasteiger partial charge in [-0.1, -0.05) is 0 Å². The first-order chi connectivity index (χ1) is 13.6. The highest BCUT2D eigenvalue weighted by Crippen LogP contribution is 2.41. The molecule has 1 fully saturated rings. The number of oxazole rings is 1. The monoisotopic (exact) mass is 382 g/mol. The largest absolute Gasteiger partial charge is 0.497 e. The van der Waals surface area contributed by atoms with Crippen molar-refractivity contribution in [1.82, 2.24) is 4.98 Å². The summed E-state index contributed by atoms with van der Waals surface area (Å²) in [6.07, 6.45) is 1.99. The third-order valence-electron chi connectivity index (χ3n) is 5.10. The summed E-state index contributed by atoms with van der Waals surface area (Å²) in [5, 5.41) is 0. The van der Waals surface area contributed by atoms with Crippen molar-refractivity contribution >= 4 is 23.1 Å². The molecule has 0 aliphatic carbocycles. The summed E-state index contributed by atoms with van der Waals surface area (Å²) in [4.78, 5) is 18.5. The summed E-state index contributed by atoms with van der Waals surface area (Å²) in [6.45, 7) is 0.830. The Morgan fingerprint density at radius 3 is 2.75 bits per heavy atom. The molecular formula is C21H22N2O5. The highest BCUT2D eigenvalue weighted by Gasteiger charge is 2.32. The normalized spacial score (nSPS) is 16.4. The van der Waals surface area contributed by atoms with Gasteiger partial charge in [0.1, 0.15) is 17.0 Å². The van der Waals surface area contributed by atoms with Crippen LogP contribution in [0.1, 0.15) is 34.8 Å². The summed E-state index contributed by atoms with van der Waals surface area (Å²) >= 11 is 0. The number of aromatic nitrogens is 1. The molecule has 1 aliphatic heterocycles. The van der Waals surface area contributed by atoms with Gasteiger partial charge in [0.2, 0.25) is 0 Å². The molecule has 0 bridgehead atoms. The summed E-state index contributed by atoms with van der Waals surface area (Å²) in [5.41, 5.74) is 2.77. The van der Waals surface area contributed by atoms with Gasteiger partial charge in [0.25, 0.3) is 6.01 Å². The zero-order valence-corrected chi connectivity index (χ0v) is 16.1. The van der Waals surface area contributed by atoms with E-state index in [0.717, 1.165) is 36.4 Å². The molecule has 4 rings (SSSR count). The van der Waals surface area contributed by atoms with Gasteiger partial charge < -0.3 is 23.5 Å². The number of nitrogens with zero attached hydrogens (tertiary/aromatic N) is 2. The number of esters is 1. The zero-order valence-electron chi connectivity index (χ0n) is 16.1. The highest BCUT2D eigenvalue weighted by atomic mass is 16.5. The first-order valence-electron chi connectivity index (χ1n) is 9.12. The molecule has 0 saturated carbocycles. The van der Waals surface area contributed by atoms with Crippen molar-refractivity contribution in [2.45, 2.75) is 18.9 Å². The van der Waals surface area contributed by atoms with E-state index >= 15 is 0 Å². The molecule has 146 valence electrons. The summed E-state index contributed by atoms with van der Waals surface area (Å²) in [5.74, 6) is 1.13. The number of methoxy groups -OCH3 is 3. The molecule has 1 saturated heterocycles. The van der Waals surface area contributed by atoms with E-state index in [4.69, 9.17) is 18.6 Å². The van der Waals surface area contributed by atoms with E-state index in [-0.39, 0.29) is 6.04 Å². The van der Waals surface area contributed by atoms with Crippen LogP contribution in [0.5, 0.6) is 11.5 Å². The second-order valence-corrected chi connectivity index (χ2v) is 6.63. The lowest BCUT2D eigenvalue weighted by molar-refractivity contribution is 0.0601. The number of benzene rings is 2. The van der Waals surface area contributed by atoms with Gasteiger partial charge in [-0.15, -0.1) is 0 Å². The fourth-order valence-corrected chi connectivity index (χ4v) is 3.69. The van der Waals surface area contributed by atoms with Gasteiger partial charge in [0.15, 0.2) is 5.58 Å². The van der Waals surface area contributed by atoms with E-state index in [9.17, 15) is 4.79 Å². The lowest BCUT2D eigenvalue weighted by atomic mass is 10.0. The van der Waals surface area contributed by atoms with E-state index in [1.54, 1.807) is 32.4 Å². The van der Waals surface area contributed by atoms with E-state index in [0.29, 0.717) is 22.7 Å². The maximum atomic E-state index is 11.8. The molecule has 0 radical (unpaired) electrons. The van der Waals surface area contributed by atoms with Gasteiger partial charge in [-0.25, -0.2) is 4.79 Å². The highest BCUT2D eigenvalue weighted by molar-refractivity contribution is 5.93. The zero-order chi connectivity index (χ0) is 19.7. The van der Waals surface area contributed by atoms with Crippen molar-refractivity contribution in [2.75, 3.05) is 32.8 Å². The summed E-state index contributed by atoms with van der Waals surface area (Å²) in [7, 11) is 4.65. The number of carbonyl (C=O) groups is 1. The lowest BCUT2D eigenvalue weighted by Crippen LogP contribution is -2.23. The SMILES string of the molecule is COC(=O)c1ccc2nc(N3CCCC3c3ccc(OC)cc3OC)oc2c1. The molecular weight excluding hydrogens is 360 g/mol. The minimum absolute atomic E-state index is 0.0917. The summed E-state index contributed by atoms with van der Waals surface area (Å²) in [6, 6.07) is 11.6. The van der Waals surface area contributed by atoms with Crippen LogP contribution in [0, 0.1) is 0 Å². The van der Waals surface area contributed by atoms with Crippen molar-refractivity contribution in [3.05, 3.63) is 47.5 Å². The molecule has 1 atom stereocenters. The second-order valence-electron chi connectivity index (χ2n) is 6.63. The summed E-state index contributed by atoms with van der Waals surface area (Å²) < 4.78 is 21.7. The number of hydrogen-bond acceptors (Lipinski definition) is 7. The maximum absolute atomic E-state index is 11.8. The van der Waals surface area contributed by atoms with Gasteiger partial charge in [-0.3, -0.25) is 0 Å². The molecule has 1 unspecified atom stereocenters. The van der Waals surface area contributed by atoms with Gasteiger partial charge in [-0.2, -0.15) is 4.98 Å². The van der Waals surface area contributed by atoms with Gasteiger partial charge >= 0.3 is 5.97 Å². The van der Waals surface area contributed by atoms with Crippen LogP contribution in [0.15, 0.2) is 40.8 Å². The Morgan fingerprint density at radius 1 is 1.14 bits per heavy atom. The Morgan fingerprint density at radius 2 is 2.00 bits per heavy atom. The molecule has 1 aromatic heterocycles.